The summed E-state index contributed by atoms with van der Waals surface area (Å²) in [5, 5.41) is 0.599. The Balaban J connectivity index is 1.97. The first-order valence-corrected chi connectivity index (χ1v) is 10.5. The molecule has 0 heterocycles. The van der Waals surface area contributed by atoms with Gasteiger partial charge in [-0.3, -0.25) is 0 Å². The lowest BCUT2D eigenvalue weighted by molar-refractivity contribution is 0.303. The Morgan fingerprint density at radius 3 is 2.54 bits per heavy atom. The fourth-order valence-electron chi connectivity index (χ4n) is 2.47. The number of hydrogen-bond acceptors (Lipinski definition) is 4. The summed E-state index contributed by atoms with van der Waals surface area (Å²) in [4.78, 5) is 0.189. The van der Waals surface area contributed by atoms with Crippen LogP contribution in [0.2, 0.25) is 5.02 Å². The summed E-state index contributed by atoms with van der Waals surface area (Å²) < 4.78 is 33.1. The number of benzene rings is 2. The second kappa shape index (κ2) is 9.80. The molecule has 2 rings (SSSR count). The van der Waals surface area contributed by atoms with Gasteiger partial charge in [-0.05, 0) is 60.9 Å². The lowest BCUT2D eigenvalue weighted by Gasteiger charge is -2.13. The van der Waals surface area contributed by atoms with Crippen LogP contribution in [0.15, 0.2) is 47.4 Å². The zero-order chi connectivity index (χ0) is 19.0. The summed E-state index contributed by atoms with van der Waals surface area (Å²) in [6, 6.07) is 11.5. The van der Waals surface area contributed by atoms with E-state index in [1.165, 1.54) is 12.1 Å². The van der Waals surface area contributed by atoms with E-state index in [-0.39, 0.29) is 11.4 Å². The number of sulfonamides is 1. The molecule has 0 aliphatic carbocycles. The normalized spacial score (nSPS) is 11.5. The summed E-state index contributed by atoms with van der Waals surface area (Å²) in [5.41, 5.74) is 7.00. The molecule has 26 heavy (non-hydrogen) atoms. The third-order valence-electron chi connectivity index (χ3n) is 3.90. The van der Waals surface area contributed by atoms with E-state index < -0.39 is 10.0 Å². The summed E-state index contributed by atoms with van der Waals surface area (Å²) in [5.74, 6) is 0.747. The summed E-state index contributed by atoms with van der Waals surface area (Å²) in [7, 11) is -3.57. The Kier molecular flexibility index (Phi) is 7.75. The molecule has 0 saturated carbocycles. The van der Waals surface area contributed by atoms with Crippen molar-refractivity contribution in [2.45, 2.75) is 37.5 Å². The molecular weight excluding hydrogens is 372 g/mol. The van der Waals surface area contributed by atoms with Crippen LogP contribution in [-0.4, -0.2) is 21.6 Å². The zero-order valence-corrected chi connectivity index (χ0v) is 16.4. The molecule has 0 bridgehead atoms. The van der Waals surface area contributed by atoms with Gasteiger partial charge in [0.15, 0.2) is 0 Å². The quantitative estimate of drug-likeness (QED) is 0.469. The SMILES string of the molecule is CCCCCOc1ccc(Cl)cc1CCNS(=O)(=O)c1ccc(N)cc1. The van der Waals surface area contributed by atoms with Crippen molar-refractivity contribution in [1.82, 2.24) is 4.72 Å². The molecule has 0 unspecified atom stereocenters. The molecule has 0 aliphatic rings. The van der Waals surface area contributed by atoms with Crippen LogP contribution >= 0.6 is 11.6 Å². The van der Waals surface area contributed by atoms with Gasteiger partial charge in [0.05, 0.1) is 11.5 Å². The Hall–Kier alpha value is -1.76. The first-order valence-electron chi connectivity index (χ1n) is 8.69. The molecule has 2 aromatic carbocycles. The minimum atomic E-state index is -3.57. The minimum Gasteiger partial charge on any atom is -0.493 e. The fraction of sp³-hybridized carbons (Fsp3) is 0.368. The Labute approximate surface area is 160 Å². The highest BCUT2D eigenvalue weighted by atomic mass is 35.5. The van der Waals surface area contributed by atoms with Gasteiger partial charge in [0, 0.05) is 17.3 Å². The number of anilines is 1. The van der Waals surface area contributed by atoms with E-state index in [2.05, 4.69) is 11.6 Å². The first-order chi connectivity index (χ1) is 12.4. The minimum absolute atomic E-state index is 0.189. The third kappa shape index (κ3) is 6.20. The Bertz CT molecular complexity index is 808. The van der Waals surface area contributed by atoms with E-state index in [1.807, 2.05) is 12.1 Å². The van der Waals surface area contributed by atoms with Crippen molar-refractivity contribution >= 4 is 27.3 Å². The molecule has 0 radical (unpaired) electrons. The molecule has 0 atom stereocenters. The topological polar surface area (TPSA) is 81.4 Å². The number of nitrogens with one attached hydrogen (secondary N) is 1. The van der Waals surface area contributed by atoms with Gasteiger partial charge in [0.1, 0.15) is 5.75 Å². The smallest absolute Gasteiger partial charge is 0.240 e. The van der Waals surface area contributed by atoms with Gasteiger partial charge in [-0.25, -0.2) is 13.1 Å². The van der Waals surface area contributed by atoms with Crippen LogP contribution < -0.4 is 15.2 Å². The Morgan fingerprint density at radius 1 is 1.12 bits per heavy atom. The van der Waals surface area contributed by atoms with E-state index in [0.29, 0.717) is 23.7 Å². The molecule has 0 fully saturated rings. The molecule has 0 saturated heterocycles. The zero-order valence-electron chi connectivity index (χ0n) is 14.9. The van der Waals surface area contributed by atoms with Crippen molar-refractivity contribution in [3.63, 3.8) is 0 Å². The second-order valence-electron chi connectivity index (χ2n) is 6.02. The summed E-state index contributed by atoms with van der Waals surface area (Å²) in [6.45, 7) is 3.03. The van der Waals surface area contributed by atoms with E-state index in [0.717, 1.165) is 30.6 Å². The lowest BCUT2D eigenvalue weighted by atomic mass is 10.1. The van der Waals surface area contributed by atoms with Crippen LogP contribution in [0.25, 0.3) is 0 Å². The van der Waals surface area contributed by atoms with Crippen molar-refractivity contribution in [2.24, 2.45) is 0 Å². The first kappa shape index (κ1) is 20.6. The Morgan fingerprint density at radius 2 is 1.85 bits per heavy atom. The van der Waals surface area contributed by atoms with Gasteiger partial charge in [0.25, 0.3) is 0 Å². The monoisotopic (exact) mass is 396 g/mol. The number of ether oxygens (including phenoxy) is 1. The maximum Gasteiger partial charge on any atom is 0.240 e. The second-order valence-corrected chi connectivity index (χ2v) is 8.23. The molecule has 0 aliphatic heterocycles. The van der Waals surface area contributed by atoms with Gasteiger partial charge in [-0.2, -0.15) is 0 Å². The molecule has 3 N–H and O–H groups in total. The standard InChI is InChI=1S/C19H25ClN2O3S/c1-2-3-4-13-25-19-10-5-16(20)14-15(19)11-12-22-26(23,24)18-8-6-17(21)7-9-18/h5-10,14,22H,2-4,11-13,21H2,1H3. The maximum atomic E-state index is 12.3. The van der Waals surface area contributed by atoms with E-state index in [1.54, 1.807) is 18.2 Å². The lowest BCUT2D eigenvalue weighted by Crippen LogP contribution is -2.26. The predicted molar refractivity (Wildman–Crippen MR) is 106 cm³/mol. The van der Waals surface area contributed by atoms with Crippen LogP contribution in [-0.2, 0) is 16.4 Å². The predicted octanol–water partition coefficient (Wildman–Crippen LogP) is 4.01. The molecular formula is C19H25ClN2O3S. The summed E-state index contributed by atoms with van der Waals surface area (Å²) in [6.07, 6.45) is 3.72. The van der Waals surface area contributed by atoms with E-state index in [9.17, 15) is 8.42 Å². The van der Waals surface area contributed by atoms with Crippen LogP contribution in [0.1, 0.15) is 31.7 Å². The van der Waals surface area contributed by atoms with Gasteiger partial charge >= 0.3 is 0 Å². The van der Waals surface area contributed by atoms with Crippen LogP contribution in [0, 0.1) is 0 Å². The largest absolute Gasteiger partial charge is 0.493 e. The van der Waals surface area contributed by atoms with Crippen LogP contribution in [0.3, 0.4) is 0 Å². The van der Waals surface area contributed by atoms with Crippen LogP contribution in [0.4, 0.5) is 5.69 Å². The van der Waals surface area contributed by atoms with Crippen LogP contribution in [0.5, 0.6) is 5.75 Å². The average Bonchev–Trinajstić information content (AvgIpc) is 2.60. The maximum absolute atomic E-state index is 12.3. The van der Waals surface area contributed by atoms with Crippen molar-refractivity contribution in [3.05, 3.63) is 53.1 Å². The van der Waals surface area contributed by atoms with Gasteiger partial charge in [-0.15, -0.1) is 0 Å². The van der Waals surface area contributed by atoms with Gasteiger partial charge in [-0.1, -0.05) is 31.4 Å². The molecule has 0 aromatic heterocycles. The molecule has 142 valence electrons. The van der Waals surface area contributed by atoms with Crippen molar-refractivity contribution < 1.29 is 13.2 Å². The number of halogens is 1. The molecule has 0 spiro atoms. The molecule has 7 heteroatoms. The summed E-state index contributed by atoms with van der Waals surface area (Å²) >= 11 is 6.07. The molecule has 2 aromatic rings. The fourth-order valence-corrected chi connectivity index (χ4v) is 3.70. The van der Waals surface area contributed by atoms with Crippen molar-refractivity contribution in [1.29, 1.82) is 0 Å². The highest BCUT2D eigenvalue weighted by Gasteiger charge is 2.14. The third-order valence-corrected chi connectivity index (χ3v) is 5.62. The number of hydrogen-bond donors (Lipinski definition) is 2. The average molecular weight is 397 g/mol. The van der Waals surface area contributed by atoms with Gasteiger partial charge < -0.3 is 10.5 Å². The number of nitrogen functional groups attached to an aromatic ring is 1. The molecule has 0 amide bonds. The van der Waals surface area contributed by atoms with Crippen molar-refractivity contribution in [3.8, 4) is 5.75 Å². The highest BCUT2D eigenvalue weighted by Crippen LogP contribution is 2.24. The van der Waals surface area contributed by atoms with Gasteiger partial charge in [0.2, 0.25) is 10.0 Å². The van der Waals surface area contributed by atoms with Crippen molar-refractivity contribution in [2.75, 3.05) is 18.9 Å². The number of rotatable bonds is 10. The molecule has 5 nitrogen and oxygen atoms in total. The number of nitrogens with two attached hydrogens (primary N) is 1. The number of unbranched alkanes of at least 4 members (excludes halogenated alkanes) is 2. The highest BCUT2D eigenvalue weighted by molar-refractivity contribution is 7.89. The van der Waals surface area contributed by atoms with E-state index in [4.69, 9.17) is 22.1 Å². The van der Waals surface area contributed by atoms with E-state index >= 15 is 0 Å².